The molecule has 1 heterocycles. The van der Waals surface area contributed by atoms with Crippen molar-refractivity contribution in [1.29, 1.82) is 0 Å². The molecule has 10 heavy (non-hydrogen) atoms. The quantitative estimate of drug-likeness (QED) is 0.547. The van der Waals surface area contributed by atoms with Crippen molar-refractivity contribution in [2.45, 2.75) is 25.3 Å². The molecule has 1 fully saturated rings. The summed E-state index contributed by atoms with van der Waals surface area (Å²) in [4.78, 5) is 11.1. The van der Waals surface area contributed by atoms with Crippen LogP contribution in [0.15, 0.2) is 0 Å². The SMILES string of the molecule is COC(=O)[C@@]1(C)CCCN1.[HH]. The van der Waals surface area contributed by atoms with Gasteiger partial charge < -0.3 is 10.1 Å². The second-order valence-corrected chi connectivity index (χ2v) is 2.85. The van der Waals surface area contributed by atoms with Crippen LogP contribution in [0.25, 0.3) is 0 Å². The lowest BCUT2D eigenvalue weighted by molar-refractivity contribution is -0.147. The summed E-state index contributed by atoms with van der Waals surface area (Å²) in [5, 5.41) is 3.11. The first-order valence-electron chi connectivity index (χ1n) is 3.52. The van der Waals surface area contributed by atoms with Crippen LogP contribution in [-0.2, 0) is 9.53 Å². The second-order valence-electron chi connectivity index (χ2n) is 2.85. The molecule has 1 saturated heterocycles. The molecule has 0 bridgehead atoms. The summed E-state index contributed by atoms with van der Waals surface area (Å²) in [7, 11) is 1.42. The lowest BCUT2D eigenvalue weighted by Crippen LogP contribution is -2.45. The highest BCUT2D eigenvalue weighted by Gasteiger charge is 2.36. The third-order valence-electron chi connectivity index (χ3n) is 2.00. The van der Waals surface area contributed by atoms with E-state index in [1.807, 2.05) is 6.92 Å². The molecule has 0 radical (unpaired) electrons. The van der Waals surface area contributed by atoms with Crippen molar-refractivity contribution in [3.8, 4) is 0 Å². The van der Waals surface area contributed by atoms with E-state index < -0.39 is 5.54 Å². The Balaban J connectivity index is 0.000001000. The minimum atomic E-state index is -0.408. The van der Waals surface area contributed by atoms with Gasteiger partial charge in [0.25, 0.3) is 0 Å². The zero-order valence-corrected chi connectivity index (χ0v) is 6.44. The molecule has 0 aromatic carbocycles. The zero-order chi connectivity index (χ0) is 7.61. The maximum absolute atomic E-state index is 11.1. The van der Waals surface area contributed by atoms with Gasteiger partial charge >= 0.3 is 5.97 Å². The zero-order valence-electron chi connectivity index (χ0n) is 6.44. The first kappa shape index (κ1) is 7.54. The van der Waals surface area contributed by atoms with Crippen LogP contribution in [0.3, 0.4) is 0 Å². The molecule has 1 rings (SSSR count). The van der Waals surface area contributed by atoms with E-state index in [9.17, 15) is 4.79 Å². The third-order valence-corrected chi connectivity index (χ3v) is 2.00. The van der Waals surface area contributed by atoms with Gasteiger partial charge in [-0.15, -0.1) is 0 Å². The fourth-order valence-corrected chi connectivity index (χ4v) is 1.29. The maximum Gasteiger partial charge on any atom is 0.325 e. The molecule has 0 spiro atoms. The highest BCUT2D eigenvalue weighted by Crippen LogP contribution is 2.19. The van der Waals surface area contributed by atoms with Crippen LogP contribution in [0, 0.1) is 0 Å². The van der Waals surface area contributed by atoms with Crippen molar-refractivity contribution in [3.05, 3.63) is 0 Å². The highest BCUT2D eigenvalue weighted by molar-refractivity contribution is 5.80. The summed E-state index contributed by atoms with van der Waals surface area (Å²) >= 11 is 0. The van der Waals surface area contributed by atoms with E-state index in [-0.39, 0.29) is 7.40 Å². The van der Waals surface area contributed by atoms with Gasteiger partial charge in [0.15, 0.2) is 0 Å². The number of rotatable bonds is 1. The number of ether oxygens (including phenoxy) is 1. The summed E-state index contributed by atoms with van der Waals surface area (Å²) in [6.07, 6.45) is 1.95. The summed E-state index contributed by atoms with van der Waals surface area (Å²) in [5.74, 6) is -0.148. The molecule has 1 aliphatic heterocycles. The Morgan fingerprint density at radius 3 is 2.90 bits per heavy atom. The largest absolute Gasteiger partial charge is 0.468 e. The van der Waals surface area contributed by atoms with Crippen LogP contribution >= 0.6 is 0 Å². The Labute approximate surface area is 62.2 Å². The van der Waals surface area contributed by atoms with Crippen molar-refractivity contribution >= 4 is 5.97 Å². The van der Waals surface area contributed by atoms with Crippen LogP contribution < -0.4 is 5.32 Å². The lowest BCUT2D eigenvalue weighted by Gasteiger charge is -2.19. The van der Waals surface area contributed by atoms with Crippen molar-refractivity contribution in [1.82, 2.24) is 5.32 Å². The third kappa shape index (κ3) is 1.14. The number of nitrogens with one attached hydrogen (secondary N) is 1. The smallest absolute Gasteiger partial charge is 0.325 e. The average molecular weight is 145 g/mol. The molecule has 1 N–H and O–H groups in total. The molecule has 0 aromatic heterocycles. The first-order chi connectivity index (χ1) is 4.69. The van der Waals surface area contributed by atoms with E-state index >= 15 is 0 Å². The fraction of sp³-hybridized carbons (Fsp3) is 0.857. The predicted octanol–water partition coefficient (Wildman–Crippen LogP) is 0.547. The van der Waals surface area contributed by atoms with Crippen molar-refractivity contribution < 1.29 is 11.0 Å². The van der Waals surface area contributed by atoms with E-state index in [1.165, 1.54) is 7.11 Å². The van der Waals surface area contributed by atoms with Crippen molar-refractivity contribution in [2.75, 3.05) is 13.7 Å². The lowest BCUT2D eigenvalue weighted by atomic mass is 10.0. The van der Waals surface area contributed by atoms with Gasteiger partial charge in [0, 0.05) is 1.43 Å². The Hall–Kier alpha value is -0.570. The van der Waals surface area contributed by atoms with Crippen LogP contribution in [0.4, 0.5) is 0 Å². The Morgan fingerprint density at radius 2 is 2.50 bits per heavy atom. The van der Waals surface area contributed by atoms with Gasteiger partial charge in [-0.1, -0.05) is 0 Å². The summed E-state index contributed by atoms with van der Waals surface area (Å²) in [5.41, 5.74) is -0.408. The van der Waals surface area contributed by atoms with E-state index in [2.05, 4.69) is 10.1 Å². The van der Waals surface area contributed by atoms with E-state index in [4.69, 9.17) is 0 Å². The highest BCUT2D eigenvalue weighted by atomic mass is 16.5. The molecule has 0 unspecified atom stereocenters. The Bertz CT molecular complexity index is 143. The molecular weight excluding hydrogens is 130 g/mol. The number of hydrogen-bond acceptors (Lipinski definition) is 3. The van der Waals surface area contributed by atoms with Crippen molar-refractivity contribution in [3.63, 3.8) is 0 Å². The molecule has 0 aliphatic carbocycles. The Morgan fingerprint density at radius 1 is 1.80 bits per heavy atom. The van der Waals surface area contributed by atoms with Gasteiger partial charge in [-0.2, -0.15) is 0 Å². The van der Waals surface area contributed by atoms with Gasteiger partial charge in [-0.3, -0.25) is 4.79 Å². The number of esters is 1. The fourth-order valence-electron chi connectivity index (χ4n) is 1.29. The van der Waals surface area contributed by atoms with Crippen LogP contribution in [-0.4, -0.2) is 25.2 Å². The minimum absolute atomic E-state index is 0. The number of carbonyl (C=O) groups excluding carboxylic acids is 1. The van der Waals surface area contributed by atoms with Crippen LogP contribution in [0.2, 0.25) is 0 Å². The number of carbonyl (C=O) groups is 1. The van der Waals surface area contributed by atoms with Gasteiger partial charge in [0.05, 0.1) is 7.11 Å². The van der Waals surface area contributed by atoms with E-state index in [0.717, 1.165) is 19.4 Å². The van der Waals surface area contributed by atoms with Gasteiger partial charge in [-0.25, -0.2) is 0 Å². The van der Waals surface area contributed by atoms with Crippen LogP contribution in [0.1, 0.15) is 21.2 Å². The van der Waals surface area contributed by atoms with Gasteiger partial charge in [0.2, 0.25) is 0 Å². The van der Waals surface area contributed by atoms with E-state index in [1.54, 1.807) is 0 Å². The number of hydrogen-bond donors (Lipinski definition) is 1. The standard InChI is InChI=1S/C7H13NO2.H2/c1-7(6(9)10-2)4-3-5-8-7;/h8H,3-5H2,1-2H3;1H/t7-;/m1./s1. The maximum atomic E-state index is 11.1. The molecule has 0 aromatic rings. The summed E-state index contributed by atoms with van der Waals surface area (Å²) in [6, 6.07) is 0. The first-order valence-corrected chi connectivity index (χ1v) is 3.52. The monoisotopic (exact) mass is 145 g/mol. The molecular formula is C7H15NO2. The van der Waals surface area contributed by atoms with Gasteiger partial charge in [-0.05, 0) is 26.3 Å². The molecule has 3 nitrogen and oxygen atoms in total. The molecule has 60 valence electrons. The van der Waals surface area contributed by atoms with E-state index in [0.29, 0.717) is 0 Å². The number of methoxy groups -OCH3 is 1. The molecule has 1 aliphatic rings. The molecule has 1 atom stereocenters. The minimum Gasteiger partial charge on any atom is -0.468 e. The second kappa shape index (κ2) is 2.58. The topological polar surface area (TPSA) is 38.3 Å². The summed E-state index contributed by atoms with van der Waals surface area (Å²) in [6.45, 7) is 2.80. The van der Waals surface area contributed by atoms with Crippen LogP contribution in [0.5, 0.6) is 0 Å². The summed E-state index contributed by atoms with van der Waals surface area (Å²) < 4.78 is 4.64. The molecule has 3 heteroatoms. The Kier molecular flexibility index (Phi) is 1.94. The normalized spacial score (nSPS) is 32.2. The van der Waals surface area contributed by atoms with Crippen molar-refractivity contribution in [2.24, 2.45) is 0 Å². The average Bonchev–Trinajstić information content (AvgIpc) is 2.36. The van der Waals surface area contributed by atoms with Gasteiger partial charge in [0.1, 0.15) is 5.54 Å². The predicted molar refractivity (Wildman–Crippen MR) is 39.8 cm³/mol. The molecule has 0 saturated carbocycles. The molecule has 0 amide bonds.